The first-order chi connectivity index (χ1) is 18.1. The molecule has 0 radical (unpaired) electrons. The number of rotatable bonds is 13. The third-order valence-corrected chi connectivity index (χ3v) is 6.42. The highest BCUT2D eigenvalue weighted by molar-refractivity contribution is 6.05. The van der Waals surface area contributed by atoms with Crippen molar-refractivity contribution in [2.75, 3.05) is 18.4 Å². The van der Waals surface area contributed by atoms with Crippen LogP contribution >= 0.6 is 0 Å². The van der Waals surface area contributed by atoms with Gasteiger partial charge in [-0.2, -0.15) is 0 Å². The van der Waals surface area contributed by atoms with E-state index in [0.717, 1.165) is 30.0 Å². The smallest absolute Gasteiger partial charge is 0.253 e. The first-order valence-corrected chi connectivity index (χ1v) is 12.8. The fourth-order valence-corrected chi connectivity index (χ4v) is 4.33. The number of unbranched alkanes of at least 4 members (excludes halogenated alkanes) is 1. The molecule has 0 spiro atoms. The Morgan fingerprint density at radius 2 is 1.57 bits per heavy atom. The van der Waals surface area contributed by atoms with Gasteiger partial charge in [-0.15, -0.1) is 0 Å². The highest BCUT2D eigenvalue weighted by Gasteiger charge is 2.50. The number of nitrogens with two attached hydrogens (primary N) is 1. The average Bonchev–Trinajstić information content (AvgIpc) is 3.73. The summed E-state index contributed by atoms with van der Waals surface area (Å²) in [5.74, 6) is -1.09. The number of aryl methyl sites for hydroxylation is 1. The molecule has 3 atom stereocenters. The second-order valence-corrected chi connectivity index (χ2v) is 9.22. The van der Waals surface area contributed by atoms with Gasteiger partial charge in [-0.25, -0.2) is 0 Å². The first-order valence-electron chi connectivity index (χ1n) is 12.8. The quantitative estimate of drug-likeness (QED) is 0.211. The van der Waals surface area contributed by atoms with Gasteiger partial charge in [0.1, 0.15) is 6.04 Å². The number of epoxide rings is 1. The Labute approximate surface area is 216 Å². The molecule has 1 saturated heterocycles. The molecule has 4 rings (SSSR count). The number of hydrogen-bond donors (Lipinski definition) is 4. The molecule has 1 heterocycles. The fraction of sp³-hybridized carbons (Fsp3) is 0.345. The second kappa shape index (κ2) is 13.0. The van der Waals surface area contributed by atoms with Crippen LogP contribution in [0.5, 0.6) is 0 Å². The lowest BCUT2D eigenvalue weighted by Gasteiger charge is -2.19. The first kappa shape index (κ1) is 26.3. The monoisotopic (exact) mass is 502 g/mol. The lowest BCUT2D eigenvalue weighted by Crippen LogP contribution is -2.46. The van der Waals surface area contributed by atoms with Crippen LogP contribution in [0.3, 0.4) is 0 Å². The number of anilines is 1. The van der Waals surface area contributed by atoms with E-state index in [0.29, 0.717) is 31.6 Å². The minimum absolute atomic E-state index is 0.312. The summed E-state index contributed by atoms with van der Waals surface area (Å²) in [5, 5.41) is 10.5. The number of amides is 3. The fourth-order valence-electron chi connectivity index (χ4n) is 4.33. The number of hydrogen-bond acceptors (Lipinski definition) is 5. The number of benzene rings is 3. The molecule has 3 aromatic carbocycles. The molecule has 3 amide bonds. The Morgan fingerprint density at radius 1 is 0.838 bits per heavy atom. The number of ether oxygens (including phenoxy) is 1. The number of nitrogens with one attached hydrogen (secondary N) is 3. The summed E-state index contributed by atoms with van der Waals surface area (Å²) in [4.78, 5) is 38.4. The molecule has 1 aliphatic rings. The van der Waals surface area contributed by atoms with Crippen molar-refractivity contribution in [2.45, 2.75) is 50.4 Å². The molecule has 0 bridgehead atoms. The summed E-state index contributed by atoms with van der Waals surface area (Å²) in [7, 11) is 0. The van der Waals surface area contributed by atoms with Crippen LogP contribution in [-0.4, -0.2) is 49.1 Å². The van der Waals surface area contributed by atoms with Gasteiger partial charge in [0.25, 0.3) is 11.8 Å². The van der Waals surface area contributed by atoms with Gasteiger partial charge in [0.15, 0.2) is 12.2 Å². The van der Waals surface area contributed by atoms with E-state index in [1.54, 1.807) is 0 Å². The maximum absolute atomic E-state index is 13.2. The van der Waals surface area contributed by atoms with Gasteiger partial charge in [0.05, 0.1) is 0 Å². The second-order valence-electron chi connectivity index (χ2n) is 9.22. The summed E-state index contributed by atoms with van der Waals surface area (Å²) in [6.45, 7) is 1.00. The Bertz CT molecular complexity index is 1210. The Kier molecular flexibility index (Phi) is 9.24. The van der Waals surface area contributed by atoms with Crippen LogP contribution in [0.1, 0.15) is 31.2 Å². The van der Waals surface area contributed by atoms with E-state index >= 15 is 0 Å². The van der Waals surface area contributed by atoms with Crippen molar-refractivity contribution in [1.82, 2.24) is 10.6 Å². The highest BCUT2D eigenvalue weighted by Crippen LogP contribution is 2.25. The van der Waals surface area contributed by atoms with Crippen molar-refractivity contribution in [2.24, 2.45) is 5.73 Å². The molecule has 0 saturated carbocycles. The largest absolute Gasteiger partial charge is 0.354 e. The lowest BCUT2D eigenvalue weighted by molar-refractivity contribution is -0.127. The van der Waals surface area contributed by atoms with Gasteiger partial charge < -0.3 is 26.4 Å². The minimum Gasteiger partial charge on any atom is -0.354 e. The van der Waals surface area contributed by atoms with Gasteiger partial charge in [-0.1, -0.05) is 66.7 Å². The number of fused-ring (bicyclic) bond motifs is 1. The molecule has 8 nitrogen and oxygen atoms in total. The maximum atomic E-state index is 13.2. The van der Waals surface area contributed by atoms with E-state index in [9.17, 15) is 14.4 Å². The van der Waals surface area contributed by atoms with E-state index in [1.807, 2.05) is 72.8 Å². The molecule has 37 heavy (non-hydrogen) atoms. The summed E-state index contributed by atoms with van der Waals surface area (Å²) in [5.41, 5.74) is 7.50. The topological polar surface area (TPSA) is 126 Å². The van der Waals surface area contributed by atoms with E-state index < -0.39 is 24.2 Å². The zero-order chi connectivity index (χ0) is 26.0. The molecule has 5 N–H and O–H groups in total. The minimum atomic E-state index is -0.892. The average molecular weight is 503 g/mol. The number of carbonyl (C=O) groups excluding carboxylic acids is 3. The Hall–Kier alpha value is -3.75. The van der Waals surface area contributed by atoms with E-state index in [-0.39, 0.29) is 11.8 Å². The van der Waals surface area contributed by atoms with Gasteiger partial charge in [0, 0.05) is 17.6 Å². The third kappa shape index (κ3) is 7.38. The van der Waals surface area contributed by atoms with Crippen LogP contribution in [0.15, 0.2) is 72.8 Å². The van der Waals surface area contributed by atoms with Crippen LogP contribution in [0.25, 0.3) is 10.8 Å². The van der Waals surface area contributed by atoms with Gasteiger partial charge >= 0.3 is 0 Å². The third-order valence-electron chi connectivity index (χ3n) is 6.42. The standard InChI is InChI=1S/C29H34N4O4/c30-18-7-6-16-24(27(34)32-23-17-8-14-21-13-4-5-15-22(21)23)33-29(36)26-25(37-26)28(35)31-19-9-12-20-10-2-1-3-11-20/h1-5,8,10-11,13-15,17,24-26H,6-7,9,12,16,18-19,30H2,(H,31,35)(H,32,34)(H,33,36)/t24-,25?,26?/m0/s1. The number of carbonyl (C=O) groups is 3. The predicted octanol–water partition coefficient (Wildman–Crippen LogP) is 2.91. The molecule has 8 heteroatoms. The van der Waals surface area contributed by atoms with Crippen molar-refractivity contribution in [3.05, 3.63) is 78.4 Å². The van der Waals surface area contributed by atoms with Crippen LogP contribution in [0.4, 0.5) is 5.69 Å². The van der Waals surface area contributed by atoms with E-state index in [4.69, 9.17) is 10.5 Å². The van der Waals surface area contributed by atoms with Gasteiger partial charge in [0.2, 0.25) is 5.91 Å². The Morgan fingerprint density at radius 3 is 2.38 bits per heavy atom. The van der Waals surface area contributed by atoms with Crippen LogP contribution in [0, 0.1) is 0 Å². The van der Waals surface area contributed by atoms with Crippen molar-refractivity contribution in [3.8, 4) is 0 Å². The van der Waals surface area contributed by atoms with Gasteiger partial charge in [-0.05, 0) is 55.7 Å². The Balaban J connectivity index is 1.29. The zero-order valence-electron chi connectivity index (χ0n) is 20.8. The highest BCUT2D eigenvalue weighted by atomic mass is 16.6. The summed E-state index contributed by atoms with van der Waals surface area (Å²) < 4.78 is 5.36. The van der Waals surface area contributed by atoms with Gasteiger partial charge in [-0.3, -0.25) is 14.4 Å². The molecule has 0 aliphatic carbocycles. The molecular formula is C29H34N4O4. The molecule has 1 aliphatic heterocycles. The summed E-state index contributed by atoms with van der Waals surface area (Å²) in [6, 6.07) is 22.7. The lowest BCUT2D eigenvalue weighted by atomic mass is 10.1. The molecule has 2 unspecified atom stereocenters. The normalized spacial score (nSPS) is 17.1. The predicted molar refractivity (Wildman–Crippen MR) is 144 cm³/mol. The summed E-state index contributed by atoms with van der Waals surface area (Å²) >= 11 is 0. The zero-order valence-corrected chi connectivity index (χ0v) is 20.8. The van der Waals surface area contributed by atoms with Crippen LogP contribution < -0.4 is 21.7 Å². The molecule has 0 aromatic heterocycles. The van der Waals surface area contributed by atoms with Crippen LogP contribution in [0.2, 0.25) is 0 Å². The van der Waals surface area contributed by atoms with Crippen molar-refractivity contribution in [1.29, 1.82) is 0 Å². The molecule has 3 aromatic rings. The van der Waals surface area contributed by atoms with Crippen molar-refractivity contribution in [3.63, 3.8) is 0 Å². The summed E-state index contributed by atoms with van der Waals surface area (Å²) in [6.07, 6.45) is 1.77. The van der Waals surface area contributed by atoms with E-state index in [2.05, 4.69) is 16.0 Å². The van der Waals surface area contributed by atoms with E-state index in [1.165, 1.54) is 5.56 Å². The van der Waals surface area contributed by atoms with Crippen molar-refractivity contribution < 1.29 is 19.1 Å². The maximum Gasteiger partial charge on any atom is 0.253 e. The van der Waals surface area contributed by atoms with Crippen LogP contribution in [-0.2, 0) is 25.5 Å². The SMILES string of the molecule is NCCCC[C@H](NC(=O)C1OC1C(=O)NCCCc1ccccc1)C(=O)Nc1cccc2ccccc12. The molecule has 1 fully saturated rings. The van der Waals surface area contributed by atoms with Crippen molar-refractivity contribution >= 4 is 34.2 Å². The molecule has 194 valence electrons. The molecular weight excluding hydrogens is 468 g/mol.